The molecule has 0 bridgehead atoms. The van der Waals surface area contributed by atoms with Crippen LogP contribution in [0.25, 0.3) is 6.08 Å². The van der Waals surface area contributed by atoms with Crippen molar-refractivity contribution in [3.05, 3.63) is 71.3 Å². The van der Waals surface area contributed by atoms with E-state index < -0.39 is 0 Å². The highest BCUT2D eigenvalue weighted by Crippen LogP contribution is 2.26. The molecule has 2 aromatic carbocycles. The third-order valence-electron chi connectivity index (χ3n) is 4.08. The number of aliphatic hydroxyl groups excluding tert-OH is 1. The zero-order valence-corrected chi connectivity index (χ0v) is 13.4. The van der Waals surface area contributed by atoms with Crippen LogP contribution in [0.1, 0.15) is 30.0 Å². The lowest BCUT2D eigenvalue weighted by Crippen LogP contribution is -2.32. The molecule has 4 nitrogen and oxygen atoms in total. The Balaban J connectivity index is 1.75. The molecule has 3 rings (SSSR count). The average molecular weight is 323 g/mol. The lowest BCUT2D eigenvalue weighted by Gasteiger charge is -2.22. The Bertz CT molecular complexity index is 725. The number of carbonyl (C=O) groups excluding carboxylic acids is 1. The van der Waals surface area contributed by atoms with E-state index >= 15 is 0 Å². The molecule has 1 heterocycles. The second-order valence-electron chi connectivity index (χ2n) is 5.80. The molecule has 0 aliphatic carbocycles. The number of para-hydroxylation sites is 1. The summed E-state index contributed by atoms with van der Waals surface area (Å²) in [5.74, 6) is 0.672. The van der Waals surface area contributed by atoms with Gasteiger partial charge < -0.3 is 15.2 Å². The summed E-state index contributed by atoms with van der Waals surface area (Å²) in [5.41, 5.74) is 2.57. The van der Waals surface area contributed by atoms with Gasteiger partial charge in [-0.3, -0.25) is 4.79 Å². The molecule has 2 aromatic rings. The van der Waals surface area contributed by atoms with Gasteiger partial charge in [-0.05, 0) is 30.5 Å². The Morgan fingerprint density at radius 2 is 1.88 bits per heavy atom. The van der Waals surface area contributed by atoms with Gasteiger partial charge in [-0.15, -0.1) is 0 Å². The minimum absolute atomic E-state index is 0.110. The van der Waals surface area contributed by atoms with Crippen molar-refractivity contribution in [3.8, 4) is 5.75 Å². The molecule has 1 amide bonds. The predicted octanol–water partition coefficient (Wildman–Crippen LogP) is 3.09. The molecule has 4 heteroatoms. The minimum Gasteiger partial charge on any atom is -0.488 e. The lowest BCUT2D eigenvalue weighted by atomic mass is 10.0. The van der Waals surface area contributed by atoms with Crippen LogP contribution in [-0.2, 0) is 4.79 Å². The molecule has 0 aromatic heterocycles. The molecule has 0 spiro atoms. The second kappa shape index (κ2) is 7.79. The third kappa shape index (κ3) is 3.84. The zero-order chi connectivity index (χ0) is 16.8. The van der Waals surface area contributed by atoms with Crippen molar-refractivity contribution in [3.63, 3.8) is 0 Å². The molecule has 0 fully saturated rings. The van der Waals surface area contributed by atoms with E-state index in [0.717, 1.165) is 16.9 Å². The van der Waals surface area contributed by atoms with Gasteiger partial charge in [-0.25, -0.2) is 0 Å². The number of hydrogen-bond acceptors (Lipinski definition) is 3. The monoisotopic (exact) mass is 323 g/mol. The maximum absolute atomic E-state index is 12.6. The van der Waals surface area contributed by atoms with E-state index in [0.29, 0.717) is 18.4 Å². The van der Waals surface area contributed by atoms with Gasteiger partial charge in [0.05, 0.1) is 11.6 Å². The Morgan fingerprint density at radius 1 is 1.12 bits per heavy atom. The fraction of sp³-hybridized carbons (Fsp3) is 0.250. The van der Waals surface area contributed by atoms with Crippen LogP contribution in [0.2, 0.25) is 0 Å². The highest BCUT2D eigenvalue weighted by Gasteiger charge is 2.20. The van der Waals surface area contributed by atoms with Crippen LogP contribution in [-0.4, -0.2) is 24.2 Å². The van der Waals surface area contributed by atoms with Crippen LogP contribution in [0.5, 0.6) is 5.75 Å². The third-order valence-corrected chi connectivity index (χ3v) is 4.08. The predicted molar refractivity (Wildman–Crippen MR) is 93.6 cm³/mol. The molecule has 24 heavy (non-hydrogen) atoms. The van der Waals surface area contributed by atoms with Gasteiger partial charge in [0, 0.05) is 12.2 Å². The average Bonchev–Trinajstić information content (AvgIpc) is 2.65. The lowest BCUT2D eigenvalue weighted by molar-refractivity contribution is -0.118. The van der Waals surface area contributed by atoms with Crippen LogP contribution in [0.3, 0.4) is 0 Å². The van der Waals surface area contributed by atoms with Crippen molar-refractivity contribution in [1.82, 2.24) is 5.32 Å². The SMILES string of the molecule is O=C(NC(CCCO)c1ccccc1)C1=Cc2ccccc2OC1. The molecular weight excluding hydrogens is 302 g/mol. The largest absolute Gasteiger partial charge is 0.488 e. The fourth-order valence-electron chi connectivity index (χ4n) is 2.80. The summed E-state index contributed by atoms with van der Waals surface area (Å²) >= 11 is 0. The van der Waals surface area contributed by atoms with Crippen LogP contribution in [0.4, 0.5) is 0 Å². The molecular formula is C20H21NO3. The standard InChI is InChI=1S/C20H21NO3/c22-12-6-10-18(15-7-2-1-3-8-15)21-20(23)17-13-16-9-4-5-11-19(16)24-14-17/h1-5,7-9,11,13,18,22H,6,10,12,14H2,(H,21,23). The van der Waals surface area contributed by atoms with Gasteiger partial charge >= 0.3 is 0 Å². The highest BCUT2D eigenvalue weighted by molar-refractivity contribution is 5.99. The molecule has 1 aliphatic heterocycles. The van der Waals surface area contributed by atoms with Crippen LogP contribution >= 0.6 is 0 Å². The molecule has 1 atom stereocenters. The van der Waals surface area contributed by atoms with E-state index in [4.69, 9.17) is 9.84 Å². The number of fused-ring (bicyclic) bond motifs is 1. The normalized spacial score (nSPS) is 14.1. The van der Waals surface area contributed by atoms with E-state index in [1.54, 1.807) is 0 Å². The van der Waals surface area contributed by atoms with Crippen molar-refractivity contribution in [1.29, 1.82) is 0 Å². The molecule has 1 unspecified atom stereocenters. The Labute approximate surface area is 141 Å². The van der Waals surface area contributed by atoms with Crippen molar-refractivity contribution >= 4 is 12.0 Å². The number of amides is 1. The summed E-state index contributed by atoms with van der Waals surface area (Å²) in [4.78, 5) is 12.6. The van der Waals surface area contributed by atoms with Gasteiger partial charge in [-0.2, -0.15) is 0 Å². The van der Waals surface area contributed by atoms with Gasteiger partial charge in [0.2, 0.25) is 0 Å². The maximum atomic E-state index is 12.6. The number of ether oxygens (including phenoxy) is 1. The van der Waals surface area contributed by atoms with E-state index in [2.05, 4.69) is 5.32 Å². The number of hydrogen-bond donors (Lipinski definition) is 2. The first kappa shape index (κ1) is 16.3. The fourth-order valence-corrected chi connectivity index (χ4v) is 2.80. The van der Waals surface area contributed by atoms with Gasteiger partial charge in [0.1, 0.15) is 12.4 Å². The molecule has 1 aliphatic rings. The maximum Gasteiger partial charge on any atom is 0.251 e. The topological polar surface area (TPSA) is 58.6 Å². The van der Waals surface area contributed by atoms with Crippen LogP contribution in [0, 0.1) is 0 Å². The Morgan fingerprint density at radius 3 is 2.67 bits per heavy atom. The highest BCUT2D eigenvalue weighted by atomic mass is 16.5. The summed E-state index contributed by atoms with van der Waals surface area (Å²) in [5, 5.41) is 12.2. The number of nitrogens with one attached hydrogen (secondary N) is 1. The zero-order valence-electron chi connectivity index (χ0n) is 13.4. The number of aliphatic hydroxyl groups is 1. The van der Waals surface area contributed by atoms with E-state index in [1.165, 1.54) is 0 Å². The van der Waals surface area contributed by atoms with Crippen molar-refractivity contribution in [2.45, 2.75) is 18.9 Å². The van der Waals surface area contributed by atoms with Gasteiger partial charge in [0.15, 0.2) is 0 Å². The Hall–Kier alpha value is -2.59. The number of carbonyl (C=O) groups is 1. The van der Waals surface area contributed by atoms with E-state index in [9.17, 15) is 4.79 Å². The molecule has 0 radical (unpaired) electrons. The minimum atomic E-state index is -0.128. The first-order valence-electron chi connectivity index (χ1n) is 8.17. The Kier molecular flexibility index (Phi) is 5.29. The van der Waals surface area contributed by atoms with E-state index in [1.807, 2.05) is 60.7 Å². The van der Waals surface area contributed by atoms with Crippen molar-refractivity contribution in [2.75, 3.05) is 13.2 Å². The van der Waals surface area contributed by atoms with Gasteiger partial charge in [-0.1, -0.05) is 48.5 Å². The summed E-state index contributed by atoms with van der Waals surface area (Å²) < 4.78 is 5.66. The first-order chi connectivity index (χ1) is 11.8. The number of benzene rings is 2. The quantitative estimate of drug-likeness (QED) is 0.859. The van der Waals surface area contributed by atoms with Crippen molar-refractivity contribution < 1.29 is 14.6 Å². The molecule has 2 N–H and O–H groups in total. The summed E-state index contributed by atoms with van der Waals surface area (Å²) in [7, 11) is 0. The first-order valence-corrected chi connectivity index (χ1v) is 8.17. The second-order valence-corrected chi connectivity index (χ2v) is 5.80. The van der Waals surface area contributed by atoms with Crippen LogP contribution in [0.15, 0.2) is 60.2 Å². The number of rotatable bonds is 6. The van der Waals surface area contributed by atoms with Gasteiger partial charge in [0.25, 0.3) is 5.91 Å². The molecule has 124 valence electrons. The summed E-state index contributed by atoms with van der Waals surface area (Å²) in [6.45, 7) is 0.378. The summed E-state index contributed by atoms with van der Waals surface area (Å²) in [6.07, 6.45) is 3.21. The molecule has 0 saturated carbocycles. The van der Waals surface area contributed by atoms with Crippen molar-refractivity contribution in [2.24, 2.45) is 0 Å². The van der Waals surface area contributed by atoms with E-state index in [-0.39, 0.29) is 25.2 Å². The molecule has 0 saturated heterocycles. The summed E-state index contributed by atoms with van der Waals surface area (Å²) in [6, 6.07) is 17.4. The smallest absolute Gasteiger partial charge is 0.251 e. The van der Waals surface area contributed by atoms with Crippen LogP contribution < -0.4 is 10.1 Å².